The molecule has 0 saturated carbocycles. The average molecular weight is 197 g/mol. The van der Waals surface area contributed by atoms with Gasteiger partial charge in [0.1, 0.15) is 0 Å². The molecular weight excluding hydrogens is 191 g/mol. The molecule has 1 atom stereocenters. The summed E-state index contributed by atoms with van der Waals surface area (Å²) in [4.78, 5) is 0. The quantitative estimate of drug-likeness (QED) is 0.215. The molecule has 0 aromatic heterocycles. The third kappa shape index (κ3) is 13.1. The van der Waals surface area contributed by atoms with Crippen molar-refractivity contribution in [3.8, 4) is 0 Å². The molecule has 0 heterocycles. The van der Waals surface area contributed by atoms with E-state index in [0.29, 0.717) is 12.3 Å². The summed E-state index contributed by atoms with van der Waals surface area (Å²) in [6, 6.07) is 0. The Morgan fingerprint density at radius 2 is 2.22 bits per heavy atom. The molecule has 0 aliphatic rings. The molecule has 0 rings (SSSR count). The van der Waals surface area contributed by atoms with Crippen LogP contribution in [-0.2, 0) is 15.5 Å². The van der Waals surface area contributed by atoms with Gasteiger partial charge >= 0.3 is 51.4 Å². The molecule has 1 unspecified atom stereocenters. The van der Waals surface area contributed by atoms with Crippen LogP contribution in [0, 0.1) is 0 Å². The maximum absolute atomic E-state index is 9.61. The minimum Gasteiger partial charge on any atom is -0.750 e. The van der Waals surface area contributed by atoms with E-state index in [1.165, 1.54) is 0 Å². The van der Waals surface area contributed by atoms with Gasteiger partial charge in [-0.25, -0.2) is 4.21 Å². The maximum atomic E-state index is 9.61. The van der Waals surface area contributed by atoms with Crippen molar-refractivity contribution in [2.24, 2.45) is 0 Å². The van der Waals surface area contributed by atoms with Gasteiger partial charge in [-0.1, -0.05) is 0 Å². The Morgan fingerprint density at radius 3 is 2.56 bits per heavy atom. The SMILES string of the molecule is O=S([O-])OCCCCl.[K+]. The van der Waals surface area contributed by atoms with Crippen molar-refractivity contribution in [2.75, 3.05) is 12.5 Å². The molecule has 0 bridgehead atoms. The van der Waals surface area contributed by atoms with Gasteiger partial charge in [0.2, 0.25) is 0 Å². The second-order valence-electron chi connectivity index (χ2n) is 1.07. The molecule has 6 heteroatoms. The zero-order valence-electron chi connectivity index (χ0n) is 5.13. The molecule has 0 saturated heterocycles. The Kier molecular flexibility index (Phi) is 15.1. The van der Waals surface area contributed by atoms with E-state index in [0.717, 1.165) is 0 Å². The minimum atomic E-state index is -2.38. The van der Waals surface area contributed by atoms with Crippen LogP contribution in [0.1, 0.15) is 6.42 Å². The fourth-order valence-corrected chi connectivity index (χ4v) is 0.545. The summed E-state index contributed by atoms with van der Waals surface area (Å²) in [5.74, 6) is 0.428. The largest absolute Gasteiger partial charge is 1.00 e. The molecule has 0 amide bonds. The second kappa shape index (κ2) is 10.00. The first-order valence-electron chi connectivity index (χ1n) is 2.06. The fourth-order valence-electron chi connectivity index (χ4n) is 0.182. The number of halogens is 1. The van der Waals surface area contributed by atoms with Crippen LogP contribution in [0.2, 0.25) is 0 Å². The van der Waals surface area contributed by atoms with E-state index in [2.05, 4.69) is 4.18 Å². The first-order valence-corrected chi connectivity index (χ1v) is 3.59. The van der Waals surface area contributed by atoms with Gasteiger partial charge in [-0.2, -0.15) is 0 Å². The van der Waals surface area contributed by atoms with Crippen molar-refractivity contribution in [3.05, 3.63) is 0 Å². The molecule has 9 heavy (non-hydrogen) atoms. The van der Waals surface area contributed by atoms with Crippen LogP contribution in [0.25, 0.3) is 0 Å². The normalized spacial score (nSPS) is 12.2. The molecule has 0 fully saturated rings. The van der Waals surface area contributed by atoms with Gasteiger partial charge in [0, 0.05) is 5.88 Å². The summed E-state index contributed by atoms with van der Waals surface area (Å²) in [6.07, 6.45) is 0.565. The van der Waals surface area contributed by atoms with Crippen LogP contribution in [0.3, 0.4) is 0 Å². The monoisotopic (exact) mass is 196 g/mol. The van der Waals surface area contributed by atoms with Gasteiger partial charge in [0.15, 0.2) is 0 Å². The molecule has 0 aromatic carbocycles. The third-order valence-corrected chi connectivity index (χ3v) is 1.08. The molecule has 0 aliphatic heterocycles. The van der Waals surface area contributed by atoms with Crippen molar-refractivity contribution in [1.29, 1.82) is 0 Å². The first-order chi connectivity index (χ1) is 3.77. The van der Waals surface area contributed by atoms with Crippen molar-refractivity contribution in [3.63, 3.8) is 0 Å². The van der Waals surface area contributed by atoms with Crippen molar-refractivity contribution in [2.45, 2.75) is 6.42 Å². The Labute approximate surface area is 104 Å². The smallest absolute Gasteiger partial charge is 0.750 e. The summed E-state index contributed by atoms with van der Waals surface area (Å²) in [7, 11) is 0. The zero-order valence-corrected chi connectivity index (χ0v) is 9.83. The Balaban J connectivity index is 0. The number of alkyl halides is 1. The van der Waals surface area contributed by atoms with Gasteiger partial charge in [0.05, 0.1) is 18.0 Å². The molecule has 0 spiro atoms. The molecule has 50 valence electrons. The van der Waals surface area contributed by atoms with Gasteiger partial charge in [-0.3, -0.25) is 0 Å². The van der Waals surface area contributed by atoms with E-state index in [9.17, 15) is 8.76 Å². The molecular formula is C3H6ClKO3S. The van der Waals surface area contributed by atoms with Crippen molar-refractivity contribution < 1.29 is 64.3 Å². The summed E-state index contributed by atoms with van der Waals surface area (Å²) in [5, 5.41) is 0. The molecule has 3 nitrogen and oxygen atoms in total. The average Bonchev–Trinajstić information content (AvgIpc) is 1.66. The van der Waals surface area contributed by atoms with Gasteiger partial charge in [-0.05, 0) is 6.42 Å². The predicted molar refractivity (Wildman–Crippen MR) is 30.2 cm³/mol. The second-order valence-corrected chi connectivity index (χ2v) is 2.09. The van der Waals surface area contributed by atoms with E-state index in [1.54, 1.807) is 0 Å². The van der Waals surface area contributed by atoms with E-state index in [4.69, 9.17) is 11.6 Å². The van der Waals surface area contributed by atoms with Crippen LogP contribution in [0.5, 0.6) is 0 Å². The van der Waals surface area contributed by atoms with Crippen LogP contribution in [0.4, 0.5) is 0 Å². The molecule has 0 N–H and O–H groups in total. The summed E-state index contributed by atoms with van der Waals surface area (Å²) >= 11 is 2.83. The van der Waals surface area contributed by atoms with Crippen LogP contribution >= 0.6 is 11.6 Å². The van der Waals surface area contributed by atoms with Gasteiger partial charge in [0.25, 0.3) is 0 Å². The van der Waals surface area contributed by atoms with Crippen LogP contribution < -0.4 is 51.4 Å². The van der Waals surface area contributed by atoms with E-state index in [-0.39, 0.29) is 58.0 Å². The predicted octanol–water partition coefficient (Wildman–Crippen LogP) is -2.57. The standard InChI is InChI=1S/C3H7ClO3S.K/c4-2-1-3-7-8(5)6;/h1-3H2,(H,5,6);/q;+1/p-1. The Bertz CT molecular complexity index is 81.5. The topological polar surface area (TPSA) is 49.4 Å². The van der Waals surface area contributed by atoms with Gasteiger partial charge in [-0.15, -0.1) is 11.6 Å². The number of hydrogen-bond donors (Lipinski definition) is 0. The first kappa shape index (κ1) is 13.6. The number of rotatable bonds is 4. The van der Waals surface area contributed by atoms with Gasteiger partial charge < -0.3 is 8.74 Å². The van der Waals surface area contributed by atoms with Crippen molar-refractivity contribution >= 4 is 23.0 Å². The molecule has 0 aromatic rings. The van der Waals surface area contributed by atoms with Crippen LogP contribution in [0.15, 0.2) is 0 Å². The summed E-state index contributed by atoms with van der Waals surface area (Å²) < 4.78 is 23.3. The van der Waals surface area contributed by atoms with E-state index >= 15 is 0 Å². The summed E-state index contributed by atoms with van der Waals surface area (Å²) in [5.41, 5.74) is 0. The van der Waals surface area contributed by atoms with Crippen molar-refractivity contribution in [1.82, 2.24) is 0 Å². The summed E-state index contributed by atoms with van der Waals surface area (Å²) in [6.45, 7) is 0.180. The Hall–Kier alpha value is 2.00. The maximum Gasteiger partial charge on any atom is 1.00 e. The fraction of sp³-hybridized carbons (Fsp3) is 1.00. The molecule has 0 radical (unpaired) electrons. The third-order valence-electron chi connectivity index (χ3n) is 0.458. The Morgan fingerprint density at radius 1 is 1.67 bits per heavy atom. The van der Waals surface area contributed by atoms with Crippen LogP contribution in [-0.4, -0.2) is 21.2 Å². The van der Waals surface area contributed by atoms with E-state index < -0.39 is 11.4 Å². The van der Waals surface area contributed by atoms with E-state index in [1.807, 2.05) is 0 Å². The zero-order chi connectivity index (χ0) is 6.41. The molecule has 0 aliphatic carbocycles. The minimum absolute atomic E-state index is 0. The number of hydrogen-bond acceptors (Lipinski definition) is 3.